The van der Waals surface area contributed by atoms with E-state index in [0.717, 1.165) is 31.6 Å². The van der Waals surface area contributed by atoms with Gasteiger partial charge in [-0.15, -0.1) is 0 Å². The fraction of sp³-hybridized carbons (Fsp3) is 0.533. The Hall–Kier alpha value is -1.55. The summed E-state index contributed by atoms with van der Waals surface area (Å²) < 4.78 is 0. The zero-order chi connectivity index (χ0) is 13.8. The minimum Gasteiger partial charge on any atom is -0.368 e. The van der Waals surface area contributed by atoms with Crippen LogP contribution < -0.4 is 16.0 Å². The fourth-order valence-electron chi connectivity index (χ4n) is 2.80. The average Bonchev–Trinajstić information content (AvgIpc) is 2.59. The number of hydrogen-bond acceptors (Lipinski definition) is 3. The maximum Gasteiger partial charge on any atom is 0.239 e. The van der Waals surface area contributed by atoms with Gasteiger partial charge in [0.25, 0.3) is 0 Å². The molecular formula is C15H23N3O. The van der Waals surface area contributed by atoms with Gasteiger partial charge in [0.1, 0.15) is 6.04 Å². The van der Waals surface area contributed by atoms with Crippen LogP contribution in [0.5, 0.6) is 0 Å². The average molecular weight is 261 g/mol. The molecule has 1 heterocycles. The molecule has 4 heteroatoms. The van der Waals surface area contributed by atoms with Crippen LogP contribution in [0, 0.1) is 0 Å². The molecule has 0 radical (unpaired) electrons. The molecular weight excluding hydrogens is 238 g/mol. The van der Waals surface area contributed by atoms with Gasteiger partial charge in [0.15, 0.2) is 0 Å². The molecule has 2 unspecified atom stereocenters. The molecule has 19 heavy (non-hydrogen) atoms. The van der Waals surface area contributed by atoms with Crippen molar-refractivity contribution in [1.82, 2.24) is 5.32 Å². The second kappa shape index (κ2) is 6.06. The van der Waals surface area contributed by atoms with Crippen LogP contribution in [0.2, 0.25) is 0 Å². The van der Waals surface area contributed by atoms with E-state index < -0.39 is 0 Å². The summed E-state index contributed by atoms with van der Waals surface area (Å²) in [6.07, 6.45) is 2.15. The number of fused-ring (bicyclic) bond motifs is 1. The highest BCUT2D eigenvalue weighted by Gasteiger charge is 2.26. The number of nitrogens with zero attached hydrogens (tertiary/aromatic N) is 1. The molecule has 0 aliphatic carbocycles. The molecule has 0 saturated heterocycles. The van der Waals surface area contributed by atoms with Crippen molar-refractivity contribution >= 4 is 11.6 Å². The Morgan fingerprint density at radius 2 is 2.26 bits per heavy atom. The summed E-state index contributed by atoms with van der Waals surface area (Å²) in [5.74, 6) is -0.267. The number of carbonyl (C=O) groups is 1. The van der Waals surface area contributed by atoms with Crippen LogP contribution in [0.15, 0.2) is 24.3 Å². The predicted molar refractivity (Wildman–Crippen MR) is 78.1 cm³/mol. The molecule has 0 fully saturated rings. The van der Waals surface area contributed by atoms with Crippen molar-refractivity contribution in [2.24, 2.45) is 5.73 Å². The quantitative estimate of drug-likeness (QED) is 0.869. The molecule has 1 aliphatic heterocycles. The van der Waals surface area contributed by atoms with Crippen molar-refractivity contribution in [3.63, 3.8) is 0 Å². The van der Waals surface area contributed by atoms with Gasteiger partial charge in [0.2, 0.25) is 5.91 Å². The Kier molecular flexibility index (Phi) is 4.43. The molecule has 1 aromatic carbocycles. The van der Waals surface area contributed by atoms with E-state index in [9.17, 15) is 4.79 Å². The van der Waals surface area contributed by atoms with E-state index in [1.807, 2.05) is 13.0 Å². The number of nitrogens with one attached hydrogen (secondary N) is 1. The number of nitrogens with two attached hydrogens (primary N) is 1. The topological polar surface area (TPSA) is 58.4 Å². The second-order valence-electron chi connectivity index (χ2n) is 5.08. The molecule has 4 nitrogen and oxygen atoms in total. The lowest BCUT2D eigenvalue weighted by atomic mass is 10.0. The molecule has 2 atom stereocenters. The maximum absolute atomic E-state index is 11.5. The third-order valence-corrected chi connectivity index (χ3v) is 3.84. The van der Waals surface area contributed by atoms with Gasteiger partial charge in [-0.05, 0) is 37.9 Å². The van der Waals surface area contributed by atoms with Gasteiger partial charge in [-0.3, -0.25) is 4.79 Å². The molecule has 2 rings (SSSR count). The Balaban J connectivity index is 2.38. The molecule has 3 N–H and O–H groups in total. The Morgan fingerprint density at radius 3 is 2.95 bits per heavy atom. The Morgan fingerprint density at radius 1 is 1.53 bits per heavy atom. The lowest BCUT2D eigenvalue weighted by molar-refractivity contribution is -0.118. The third-order valence-electron chi connectivity index (χ3n) is 3.84. The van der Waals surface area contributed by atoms with Crippen molar-refractivity contribution in [1.29, 1.82) is 0 Å². The van der Waals surface area contributed by atoms with Crippen molar-refractivity contribution in [2.75, 3.05) is 18.0 Å². The first-order valence-corrected chi connectivity index (χ1v) is 7.03. The van der Waals surface area contributed by atoms with Crippen LogP contribution in [0.4, 0.5) is 5.69 Å². The maximum atomic E-state index is 11.5. The van der Waals surface area contributed by atoms with Gasteiger partial charge in [0.05, 0.1) is 0 Å². The number of primary amides is 1. The third kappa shape index (κ3) is 2.89. The monoisotopic (exact) mass is 261 g/mol. The first kappa shape index (κ1) is 13.9. The lowest BCUT2D eigenvalue weighted by Gasteiger charge is -2.30. The molecule has 1 aromatic rings. The number of rotatable bonds is 4. The fourth-order valence-corrected chi connectivity index (χ4v) is 2.80. The molecule has 0 bridgehead atoms. The van der Waals surface area contributed by atoms with E-state index in [-0.39, 0.29) is 11.9 Å². The van der Waals surface area contributed by atoms with Crippen molar-refractivity contribution in [2.45, 2.75) is 38.8 Å². The van der Waals surface area contributed by atoms with Gasteiger partial charge in [0, 0.05) is 18.3 Å². The zero-order valence-corrected chi connectivity index (χ0v) is 11.7. The summed E-state index contributed by atoms with van der Waals surface area (Å²) >= 11 is 0. The highest BCUT2D eigenvalue weighted by Crippen LogP contribution is 2.33. The Bertz CT molecular complexity index is 447. The largest absolute Gasteiger partial charge is 0.368 e. The summed E-state index contributed by atoms with van der Waals surface area (Å²) in [6.45, 7) is 5.83. The van der Waals surface area contributed by atoms with Crippen LogP contribution in [0.1, 0.15) is 38.3 Å². The first-order valence-electron chi connectivity index (χ1n) is 7.03. The van der Waals surface area contributed by atoms with Crippen molar-refractivity contribution in [3.8, 4) is 0 Å². The van der Waals surface area contributed by atoms with Crippen LogP contribution in [-0.2, 0) is 4.79 Å². The molecule has 0 saturated carbocycles. The van der Waals surface area contributed by atoms with E-state index in [4.69, 9.17) is 5.73 Å². The second-order valence-corrected chi connectivity index (χ2v) is 5.08. The smallest absolute Gasteiger partial charge is 0.239 e. The van der Waals surface area contributed by atoms with E-state index in [1.165, 1.54) is 5.56 Å². The van der Waals surface area contributed by atoms with Gasteiger partial charge in [-0.25, -0.2) is 0 Å². The summed E-state index contributed by atoms with van der Waals surface area (Å²) in [5, 5.41) is 3.53. The van der Waals surface area contributed by atoms with E-state index >= 15 is 0 Å². The van der Waals surface area contributed by atoms with Gasteiger partial charge < -0.3 is 16.0 Å². The predicted octanol–water partition coefficient (Wildman–Crippen LogP) is 1.81. The van der Waals surface area contributed by atoms with Gasteiger partial charge in [-0.1, -0.05) is 25.1 Å². The Labute approximate surface area is 115 Å². The standard InChI is InChI=1S/C15H23N3O/c1-3-17-13-8-6-10-18(11(2)15(16)19)14-9-5-4-7-12(13)14/h4-5,7,9,11,13,17H,3,6,8,10H2,1-2H3,(H2,16,19). The molecule has 104 valence electrons. The van der Waals surface area contributed by atoms with E-state index in [0.29, 0.717) is 6.04 Å². The highest BCUT2D eigenvalue weighted by atomic mass is 16.1. The van der Waals surface area contributed by atoms with E-state index in [1.54, 1.807) is 0 Å². The lowest BCUT2D eigenvalue weighted by Crippen LogP contribution is -2.43. The van der Waals surface area contributed by atoms with Crippen LogP contribution in [0.3, 0.4) is 0 Å². The number of benzene rings is 1. The van der Waals surface area contributed by atoms with E-state index in [2.05, 4.69) is 35.3 Å². The number of anilines is 1. The van der Waals surface area contributed by atoms with Crippen molar-refractivity contribution < 1.29 is 4.79 Å². The van der Waals surface area contributed by atoms with Crippen LogP contribution in [-0.4, -0.2) is 25.0 Å². The normalized spacial score (nSPS) is 20.5. The van der Waals surface area contributed by atoms with Crippen molar-refractivity contribution in [3.05, 3.63) is 29.8 Å². The number of carbonyl (C=O) groups excluding carboxylic acids is 1. The summed E-state index contributed by atoms with van der Waals surface area (Å²) in [6, 6.07) is 8.42. The minimum atomic E-state index is -0.267. The zero-order valence-electron chi connectivity index (χ0n) is 11.7. The van der Waals surface area contributed by atoms with Crippen LogP contribution in [0.25, 0.3) is 0 Å². The minimum absolute atomic E-state index is 0.262. The number of hydrogen-bond donors (Lipinski definition) is 2. The molecule has 1 amide bonds. The number of para-hydroxylation sites is 1. The first-order chi connectivity index (χ1) is 9.15. The highest BCUT2D eigenvalue weighted by molar-refractivity contribution is 5.83. The molecule has 1 aliphatic rings. The SMILES string of the molecule is CCNC1CCCN(C(C)C(N)=O)c2ccccc21. The van der Waals surface area contributed by atoms with Gasteiger partial charge in [-0.2, -0.15) is 0 Å². The molecule has 0 aromatic heterocycles. The summed E-state index contributed by atoms with van der Waals surface area (Å²) in [5.41, 5.74) is 7.88. The number of amides is 1. The van der Waals surface area contributed by atoms with Gasteiger partial charge >= 0.3 is 0 Å². The summed E-state index contributed by atoms with van der Waals surface area (Å²) in [4.78, 5) is 13.6. The van der Waals surface area contributed by atoms with Crippen LogP contribution >= 0.6 is 0 Å². The molecule has 0 spiro atoms. The summed E-state index contributed by atoms with van der Waals surface area (Å²) in [7, 11) is 0.